The van der Waals surface area contributed by atoms with E-state index in [0.717, 1.165) is 51.4 Å². The van der Waals surface area contributed by atoms with Crippen molar-refractivity contribution in [1.29, 1.82) is 0 Å². The molecule has 1 N–H and O–H groups in total. The Labute approximate surface area is 205 Å². The van der Waals surface area contributed by atoms with Gasteiger partial charge in [0, 0.05) is 22.7 Å². The maximum atomic E-state index is 13.0. The molecule has 1 aliphatic heterocycles. The molecule has 0 aromatic heterocycles. The Balaban J connectivity index is 1.50. The second kappa shape index (κ2) is 6.21. The first-order chi connectivity index (χ1) is 15.6. The van der Waals surface area contributed by atoms with Crippen molar-refractivity contribution in [3.8, 4) is 0 Å². The lowest BCUT2D eigenvalue weighted by atomic mass is 9.33. The molecule has 0 radical (unpaired) electrons. The van der Waals surface area contributed by atoms with Crippen LogP contribution in [0, 0.1) is 44.3 Å². The number of carbonyl (C=O) groups excluding carboxylic acids is 1. The van der Waals surface area contributed by atoms with Gasteiger partial charge >= 0.3 is 5.97 Å². The quantitative estimate of drug-likeness (QED) is 0.349. The van der Waals surface area contributed by atoms with Crippen molar-refractivity contribution in [2.45, 2.75) is 118 Å². The Kier molecular flexibility index (Phi) is 4.25. The molecule has 0 amide bonds. The van der Waals surface area contributed by atoms with Crippen LogP contribution in [0.5, 0.6) is 0 Å². The summed E-state index contributed by atoms with van der Waals surface area (Å²) in [5.74, 6) is 0.270. The highest BCUT2D eigenvalue weighted by Gasteiger charge is 2.84. The minimum absolute atomic E-state index is 0.0275. The molecule has 5 aliphatic carbocycles. The van der Waals surface area contributed by atoms with Gasteiger partial charge in [0.05, 0.1) is 5.41 Å². The third-order valence-electron chi connectivity index (χ3n) is 13.2. The normalized spacial score (nSPS) is 54.4. The van der Waals surface area contributed by atoms with E-state index in [0.29, 0.717) is 18.1 Å². The molecule has 6 aliphatic rings. The first kappa shape index (κ1) is 23.3. The van der Waals surface area contributed by atoms with E-state index in [1.54, 1.807) is 0 Å². The summed E-state index contributed by atoms with van der Waals surface area (Å²) in [7, 11) is 0. The molecule has 34 heavy (non-hydrogen) atoms. The van der Waals surface area contributed by atoms with Crippen LogP contribution in [0.4, 0.5) is 0 Å². The highest BCUT2D eigenvalue weighted by Crippen LogP contribution is 2.82. The molecular formula is C30H44O4. The molecule has 4 heteroatoms. The van der Waals surface area contributed by atoms with Crippen LogP contribution in [0.15, 0.2) is 11.6 Å². The van der Waals surface area contributed by atoms with Crippen molar-refractivity contribution in [2.75, 3.05) is 0 Å². The topological polar surface area (TPSA) is 66.9 Å². The molecule has 4 unspecified atom stereocenters. The predicted molar refractivity (Wildman–Crippen MR) is 131 cm³/mol. The Morgan fingerprint density at radius 2 is 1.65 bits per heavy atom. The molecule has 8 atom stereocenters. The van der Waals surface area contributed by atoms with E-state index in [4.69, 9.17) is 4.74 Å². The lowest BCUT2D eigenvalue weighted by Gasteiger charge is -2.69. The van der Waals surface area contributed by atoms with Crippen molar-refractivity contribution in [2.24, 2.45) is 44.3 Å². The third kappa shape index (κ3) is 2.28. The van der Waals surface area contributed by atoms with Crippen molar-refractivity contribution >= 4 is 11.8 Å². The van der Waals surface area contributed by atoms with E-state index < -0.39 is 11.4 Å². The zero-order chi connectivity index (χ0) is 24.7. The lowest BCUT2D eigenvalue weighted by Crippen LogP contribution is -2.69. The highest BCUT2D eigenvalue weighted by molar-refractivity contribution is 5.85. The van der Waals surface area contributed by atoms with Gasteiger partial charge in [-0.2, -0.15) is 0 Å². The smallest absolute Gasteiger partial charge is 0.310 e. The van der Waals surface area contributed by atoms with Gasteiger partial charge in [-0.3, -0.25) is 9.59 Å². The summed E-state index contributed by atoms with van der Waals surface area (Å²) in [5.41, 5.74) is 0.296. The number of carbonyl (C=O) groups is 2. The number of fused-ring (bicyclic) bond motifs is 5. The molecule has 0 aromatic rings. The minimum Gasteiger partial charge on any atom is -0.481 e. The van der Waals surface area contributed by atoms with E-state index in [1.807, 2.05) is 0 Å². The van der Waals surface area contributed by atoms with Crippen molar-refractivity contribution in [1.82, 2.24) is 0 Å². The van der Waals surface area contributed by atoms with Crippen LogP contribution in [0.2, 0.25) is 0 Å². The number of epoxide rings is 1. The average molecular weight is 469 g/mol. The van der Waals surface area contributed by atoms with Crippen molar-refractivity contribution in [3.05, 3.63) is 11.6 Å². The summed E-state index contributed by atoms with van der Waals surface area (Å²) in [6.45, 7) is 16.3. The van der Waals surface area contributed by atoms with Gasteiger partial charge in [0.2, 0.25) is 0 Å². The molecule has 4 saturated carbocycles. The number of allylic oxidation sites excluding steroid dienone is 1. The Morgan fingerprint density at radius 1 is 0.971 bits per heavy atom. The Bertz CT molecular complexity index is 1020. The van der Waals surface area contributed by atoms with E-state index in [2.05, 4.69) is 54.5 Å². The van der Waals surface area contributed by atoms with Crippen LogP contribution < -0.4 is 0 Å². The molecule has 6 rings (SSSR count). The van der Waals surface area contributed by atoms with Crippen molar-refractivity contribution < 1.29 is 19.4 Å². The van der Waals surface area contributed by atoms with Gasteiger partial charge in [-0.25, -0.2) is 0 Å². The number of carboxylic acids is 1. The van der Waals surface area contributed by atoms with Crippen LogP contribution >= 0.6 is 0 Å². The number of ether oxygens (including phenoxy) is 1. The minimum atomic E-state index is -0.619. The molecule has 188 valence electrons. The zero-order valence-electron chi connectivity index (χ0n) is 22.3. The number of ketones is 1. The SMILES string of the molecule is CC1(C)CCC2(C(=O)O)CC[C@]3(C)C(=CC4OC45[C@@]4(C)CCC(=O)C(C)(C)[C@@H]4CC[C@]53C)C2C1. The van der Waals surface area contributed by atoms with Crippen molar-refractivity contribution in [3.63, 3.8) is 0 Å². The van der Waals surface area contributed by atoms with Gasteiger partial charge in [-0.1, -0.05) is 60.1 Å². The standard InChI is InChI=1S/C30H44O4/c1-24(2)12-14-29(23(32)33)15-13-26(5)18(19(29)17-24)16-22-30(34-22)27(6)10-9-21(31)25(3,4)20(27)8-11-28(26,30)7/h16,19-20,22H,8-15,17H2,1-7H3,(H,32,33)/t19?,20-,22?,26+,27-,28-,29?,30?/m0/s1. The molecule has 1 spiro atoms. The number of aliphatic carboxylic acids is 1. The maximum absolute atomic E-state index is 13.0. The fourth-order valence-electron chi connectivity index (χ4n) is 10.9. The molecule has 1 saturated heterocycles. The van der Waals surface area contributed by atoms with E-state index in [-0.39, 0.29) is 44.7 Å². The van der Waals surface area contributed by atoms with Crippen LogP contribution in [0.1, 0.15) is 106 Å². The van der Waals surface area contributed by atoms with Crippen LogP contribution in [0.3, 0.4) is 0 Å². The monoisotopic (exact) mass is 468 g/mol. The molecule has 0 bridgehead atoms. The largest absolute Gasteiger partial charge is 0.481 e. The molecule has 1 heterocycles. The Morgan fingerprint density at radius 3 is 2.32 bits per heavy atom. The number of Topliss-reactive ketones (excluding diaryl/α,β-unsaturated/α-hetero) is 1. The van der Waals surface area contributed by atoms with Gasteiger partial charge in [0.1, 0.15) is 17.5 Å². The first-order valence-electron chi connectivity index (χ1n) is 13.8. The van der Waals surface area contributed by atoms with E-state index >= 15 is 0 Å². The summed E-state index contributed by atoms with van der Waals surface area (Å²) in [4.78, 5) is 25.8. The first-order valence-corrected chi connectivity index (χ1v) is 13.8. The van der Waals surface area contributed by atoms with Crippen LogP contribution in [-0.4, -0.2) is 28.6 Å². The zero-order valence-corrected chi connectivity index (χ0v) is 22.3. The average Bonchev–Trinajstić information content (AvgIpc) is 3.48. The molecule has 0 aromatic carbocycles. The number of hydrogen-bond acceptors (Lipinski definition) is 3. The van der Waals surface area contributed by atoms with Gasteiger partial charge in [-0.15, -0.1) is 0 Å². The second-order valence-electron chi connectivity index (χ2n) is 15.1. The fraction of sp³-hybridized carbons (Fsp3) is 0.867. The van der Waals surface area contributed by atoms with Gasteiger partial charge in [-0.05, 0) is 74.0 Å². The second-order valence-corrected chi connectivity index (χ2v) is 15.1. The van der Waals surface area contributed by atoms with Gasteiger partial charge < -0.3 is 9.84 Å². The molecule has 4 nitrogen and oxygen atoms in total. The predicted octanol–water partition coefficient (Wildman–Crippen LogP) is 6.57. The van der Waals surface area contributed by atoms with Crippen LogP contribution in [-0.2, 0) is 14.3 Å². The Hall–Kier alpha value is -1.16. The fourth-order valence-corrected chi connectivity index (χ4v) is 10.9. The van der Waals surface area contributed by atoms with Gasteiger partial charge in [0.25, 0.3) is 0 Å². The third-order valence-corrected chi connectivity index (χ3v) is 13.2. The summed E-state index contributed by atoms with van der Waals surface area (Å²) in [6, 6.07) is 0. The van der Waals surface area contributed by atoms with Gasteiger partial charge in [0.15, 0.2) is 0 Å². The van der Waals surface area contributed by atoms with E-state index in [9.17, 15) is 14.7 Å². The summed E-state index contributed by atoms with van der Waals surface area (Å²) < 4.78 is 6.92. The molecule has 5 fully saturated rings. The number of hydrogen-bond donors (Lipinski definition) is 1. The maximum Gasteiger partial charge on any atom is 0.310 e. The summed E-state index contributed by atoms with van der Waals surface area (Å²) >= 11 is 0. The van der Waals surface area contributed by atoms with E-state index in [1.165, 1.54) is 5.57 Å². The number of carboxylic acid groups (broad SMARTS) is 1. The highest BCUT2D eigenvalue weighted by atomic mass is 16.6. The summed E-state index contributed by atoms with van der Waals surface area (Å²) in [5, 5.41) is 10.5. The summed E-state index contributed by atoms with van der Waals surface area (Å²) in [6.07, 6.45) is 10.6. The van der Waals surface area contributed by atoms with Crippen LogP contribution in [0.25, 0.3) is 0 Å². The number of rotatable bonds is 1. The lowest BCUT2D eigenvalue weighted by molar-refractivity contribution is -0.193. The molecular weight excluding hydrogens is 424 g/mol.